The highest BCUT2D eigenvalue weighted by atomic mass is 16.6. The fourth-order valence-electron chi connectivity index (χ4n) is 0.751. The van der Waals surface area contributed by atoms with Crippen molar-refractivity contribution in [3.8, 4) is 0 Å². The number of esters is 1. The Labute approximate surface area is 74.3 Å². The molecule has 72 valence electrons. The summed E-state index contributed by atoms with van der Waals surface area (Å²) in [7, 11) is 0. The minimum atomic E-state index is -0.384. The Morgan fingerprint density at radius 1 is 1.50 bits per heavy atom. The summed E-state index contributed by atoms with van der Waals surface area (Å²) in [5, 5.41) is 0. The maximum Gasteiger partial charge on any atom is 0.306 e. The Bertz CT molecular complexity index is 149. The van der Waals surface area contributed by atoms with Crippen LogP contribution in [0.25, 0.3) is 0 Å². The van der Waals surface area contributed by atoms with Crippen molar-refractivity contribution in [2.24, 2.45) is 11.7 Å². The minimum absolute atomic E-state index is 0.166. The zero-order valence-corrected chi connectivity index (χ0v) is 8.39. The van der Waals surface area contributed by atoms with E-state index in [9.17, 15) is 4.79 Å². The number of nitrogens with two attached hydrogens (primary N) is 1. The third-order valence-corrected chi connectivity index (χ3v) is 1.34. The quantitative estimate of drug-likeness (QED) is 0.655. The van der Waals surface area contributed by atoms with Crippen molar-refractivity contribution in [3.05, 3.63) is 0 Å². The van der Waals surface area contributed by atoms with Crippen molar-refractivity contribution in [3.63, 3.8) is 0 Å². The van der Waals surface area contributed by atoms with Crippen LogP contribution in [0.2, 0.25) is 0 Å². The second kappa shape index (κ2) is 4.45. The predicted octanol–water partition coefficient (Wildman–Crippen LogP) is 1.31. The highest BCUT2D eigenvalue weighted by Gasteiger charge is 2.17. The maximum absolute atomic E-state index is 11.2. The summed E-state index contributed by atoms with van der Waals surface area (Å²) >= 11 is 0. The molecule has 0 aliphatic rings. The Kier molecular flexibility index (Phi) is 4.24. The molecule has 0 rings (SSSR count). The van der Waals surface area contributed by atoms with Crippen molar-refractivity contribution < 1.29 is 9.53 Å². The average Bonchev–Trinajstić information content (AvgIpc) is 1.82. The standard InChI is InChI=1S/C9H19NO2/c1-7(6-10)5-8(11)12-9(2,3)4/h7H,5-6,10H2,1-4H3/t7-/m0/s1. The molecule has 0 heterocycles. The van der Waals surface area contributed by atoms with Gasteiger partial charge in [-0.2, -0.15) is 0 Å². The van der Waals surface area contributed by atoms with Crippen LogP contribution in [-0.2, 0) is 9.53 Å². The van der Waals surface area contributed by atoms with Crippen LogP contribution < -0.4 is 5.73 Å². The van der Waals surface area contributed by atoms with Crippen molar-refractivity contribution in [1.29, 1.82) is 0 Å². The zero-order chi connectivity index (χ0) is 9.78. The lowest BCUT2D eigenvalue weighted by molar-refractivity contribution is -0.155. The molecule has 0 saturated heterocycles. The Morgan fingerprint density at radius 2 is 2.00 bits per heavy atom. The van der Waals surface area contributed by atoms with E-state index >= 15 is 0 Å². The summed E-state index contributed by atoms with van der Waals surface area (Å²) in [6.07, 6.45) is 0.410. The molecule has 2 N–H and O–H groups in total. The van der Waals surface area contributed by atoms with Crippen LogP contribution >= 0.6 is 0 Å². The number of ether oxygens (including phenoxy) is 1. The van der Waals surface area contributed by atoms with Crippen LogP contribution in [0.5, 0.6) is 0 Å². The van der Waals surface area contributed by atoms with Crippen molar-refractivity contribution in [2.45, 2.75) is 39.7 Å². The summed E-state index contributed by atoms with van der Waals surface area (Å²) < 4.78 is 5.12. The first-order valence-corrected chi connectivity index (χ1v) is 4.27. The lowest BCUT2D eigenvalue weighted by atomic mass is 10.1. The lowest BCUT2D eigenvalue weighted by Gasteiger charge is -2.20. The molecule has 3 heteroatoms. The highest BCUT2D eigenvalue weighted by Crippen LogP contribution is 2.10. The Morgan fingerprint density at radius 3 is 2.33 bits per heavy atom. The van der Waals surface area contributed by atoms with Crippen molar-refractivity contribution in [2.75, 3.05) is 6.54 Å². The maximum atomic E-state index is 11.2. The molecule has 0 aromatic rings. The van der Waals surface area contributed by atoms with Crippen LogP contribution in [0.1, 0.15) is 34.1 Å². The summed E-state index contributed by atoms with van der Waals surface area (Å²) in [5.41, 5.74) is 4.99. The molecule has 0 aliphatic carbocycles. The summed E-state index contributed by atoms with van der Waals surface area (Å²) in [6.45, 7) is 8.04. The molecule has 12 heavy (non-hydrogen) atoms. The largest absolute Gasteiger partial charge is 0.460 e. The van der Waals surface area contributed by atoms with Crippen molar-refractivity contribution in [1.82, 2.24) is 0 Å². The van der Waals surface area contributed by atoms with Crippen LogP contribution in [0, 0.1) is 5.92 Å². The molecular formula is C9H19NO2. The number of carbonyl (C=O) groups is 1. The van der Waals surface area contributed by atoms with E-state index in [1.807, 2.05) is 27.7 Å². The average molecular weight is 173 g/mol. The topological polar surface area (TPSA) is 52.3 Å². The third-order valence-electron chi connectivity index (χ3n) is 1.34. The molecule has 3 nitrogen and oxygen atoms in total. The van der Waals surface area contributed by atoms with Gasteiger partial charge in [0.1, 0.15) is 5.60 Å². The second-order valence-electron chi connectivity index (χ2n) is 4.13. The number of rotatable bonds is 3. The van der Waals surface area contributed by atoms with Gasteiger partial charge in [0.25, 0.3) is 0 Å². The third kappa shape index (κ3) is 6.16. The van der Waals surface area contributed by atoms with Gasteiger partial charge in [0.2, 0.25) is 0 Å². The SMILES string of the molecule is C[C@H](CN)CC(=O)OC(C)(C)C. The zero-order valence-electron chi connectivity index (χ0n) is 8.39. The molecule has 0 aromatic carbocycles. The van der Waals surface area contributed by atoms with Crippen LogP contribution in [0.3, 0.4) is 0 Å². The van der Waals surface area contributed by atoms with E-state index in [-0.39, 0.29) is 17.5 Å². The Hall–Kier alpha value is -0.570. The molecule has 0 aromatic heterocycles. The van der Waals surface area contributed by atoms with Crippen LogP contribution in [-0.4, -0.2) is 18.1 Å². The number of hydrogen-bond acceptors (Lipinski definition) is 3. The van der Waals surface area contributed by atoms with Gasteiger partial charge in [-0.15, -0.1) is 0 Å². The molecule has 0 aliphatic heterocycles. The normalized spacial score (nSPS) is 14.1. The molecule has 0 spiro atoms. The monoisotopic (exact) mass is 173 g/mol. The van der Waals surface area contributed by atoms with Gasteiger partial charge in [0, 0.05) is 6.42 Å². The molecule has 0 bridgehead atoms. The van der Waals surface area contributed by atoms with E-state index in [0.29, 0.717) is 13.0 Å². The molecule has 0 saturated carbocycles. The van der Waals surface area contributed by atoms with E-state index in [1.165, 1.54) is 0 Å². The van der Waals surface area contributed by atoms with Gasteiger partial charge in [-0.1, -0.05) is 6.92 Å². The second-order valence-corrected chi connectivity index (χ2v) is 4.13. The first-order valence-electron chi connectivity index (χ1n) is 4.27. The van der Waals surface area contributed by atoms with Gasteiger partial charge < -0.3 is 10.5 Å². The first kappa shape index (κ1) is 11.4. The van der Waals surface area contributed by atoms with Gasteiger partial charge in [0.05, 0.1) is 0 Å². The van der Waals surface area contributed by atoms with E-state index in [2.05, 4.69) is 0 Å². The molecule has 0 unspecified atom stereocenters. The molecule has 0 fully saturated rings. The fraction of sp³-hybridized carbons (Fsp3) is 0.889. The van der Waals surface area contributed by atoms with Crippen LogP contribution in [0.4, 0.5) is 0 Å². The molecule has 1 atom stereocenters. The lowest BCUT2D eigenvalue weighted by Crippen LogP contribution is -2.26. The molecule has 0 amide bonds. The van der Waals surface area contributed by atoms with Gasteiger partial charge in [-0.25, -0.2) is 0 Å². The highest BCUT2D eigenvalue weighted by molar-refractivity contribution is 5.70. The van der Waals surface area contributed by atoms with E-state index in [0.717, 1.165) is 0 Å². The predicted molar refractivity (Wildman–Crippen MR) is 48.7 cm³/mol. The number of carbonyl (C=O) groups excluding carboxylic acids is 1. The molecule has 0 radical (unpaired) electrons. The van der Waals surface area contributed by atoms with Crippen molar-refractivity contribution >= 4 is 5.97 Å². The molecular weight excluding hydrogens is 154 g/mol. The van der Waals surface area contributed by atoms with E-state index in [4.69, 9.17) is 10.5 Å². The van der Waals surface area contributed by atoms with Gasteiger partial charge >= 0.3 is 5.97 Å². The van der Waals surface area contributed by atoms with E-state index < -0.39 is 0 Å². The smallest absolute Gasteiger partial charge is 0.306 e. The fourth-order valence-corrected chi connectivity index (χ4v) is 0.751. The summed E-state index contributed by atoms with van der Waals surface area (Å²) in [5.74, 6) is 0.0419. The van der Waals surface area contributed by atoms with Crippen LogP contribution in [0.15, 0.2) is 0 Å². The van der Waals surface area contributed by atoms with Gasteiger partial charge in [-0.05, 0) is 33.2 Å². The Balaban J connectivity index is 3.75. The van der Waals surface area contributed by atoms with Gasteiger partial charge in [0.15, 0.2) is 0 Å². The van der Waals surface area contributed by atoms with E-state index in [1.54, 1.807) is 0 Å². The minimum Gasteiger partial charge on any atom is -0.460 e. The van der Waals surface area contributed by atoms with Gasteiger partial charge in [-0.3, -0.25) is 4.79 Å². The number of hydrogen-bond donors (Lipinski definition) is 1. The summed E-state index contributed by atoms with van der Waals surface area (Å²) in [4.78, 5) is 11.2. The summed E-state index contributed by atoms with van der Waals surface area (Å²) in [6, 6.07) is 0. The first-order chi connectivity index (χ1) is 5.35.